The van der Waals surface area contributed by atoms with Crippen LogP contribution in [0.2, 0.25) is 0 Å². The van der Waals surface area contributed by atoms with E-state index in [2.05, 4.69) is 21.2 Å². The maximum absolute atomic E-state index is 12.5. The fourth-order valence-electron chi connectivity index (χ4n) is 2.86. The van der Waals surface area contributed by atoms with E-state index in [0.29, 0.717) is 13.1 Å². The van der Waals surface area contributed by atoms with Crippen LogP contribution >= 0.6 is 15.9 Å². The first-order valence-electron chi connectivity index (χ1n) is 7.89. The molecule has 0 spiro atoms. The summed E-state index contributed by atoms with van der Waals surface area (Å²) in [4.78, 5) is 26.2. The van der Waals surface area contributed by atoms with Gasteiger partial charge in [0.25, 0.3) is 0 Å². The minimum Gasteiger partial charge on any atom is -0.467 e. The predicted octanol–water partition coefficient (Wildman–Crippen LogP) is 3.27. The van der Waals surface area contributed by atoms with Crippen molar-refractivity contribution in [2.45, 2.75) is 25.9 Å². The van der Waals surface area contributed by atoms with Crippen molar-refractivity contribution in [2.24, 2.45) is 5.92 Å². The number of furan rings is 1. The van der Waals surface area contributed by atoms with Crippen molar-refractivity contribution in [2.75, 3.05) is 6.54 Å². The van der Waals surface area contributed by atoms with Crippen LogP contribution in [-0.2, 0) is 16.1 Å². The summed E-state index contributed by atoms with van der Waals surface area (Å²) in [5, 5.41) is 3.00. The standard InChI is InChI=1S/C18H19BrN2O3/c1-12(13-4-6-15(19)7-5-13)20-18(23)14-9-17(22)21(10-14)11-16-3-2-8-24-16/h2-8,12,14H,9-11H2,1H3,(H,20,23). The summed E-state index contributed by atoms with van der Waals surface area (Å²) in [6.07, 6.45) is 1.83. The number of benzene rings is 1. The summed E-state index contributed by atoms with van der Waals surface area (Å²) >= 11 is 3.40. The second kappa shape index (κ2) is 7.21. The van der Waals surface area contributed by atoms with Gasteiger partial charge in [-0.15, -0.1) is 0 Å². The van der Waals surface area contributed by atoms with Crippen molar-refractivity contribution in [1.82, 2.24) is 10.2 Å². The largest absolute Gasteiger partial charge is 0.467 e. The third-order valence-corrected chi connectivity index (χ3v) is 4.77. The zero-order valence-corrected chi connectivity index (χ0v) is 15.0. The summed E-state index contributed by atoms with van der Waals surface area (Å²) in [5.41, 5.74) is 1.03. The molecule has 1 saturated heterocycles. The van der Waals surface area contributed by atoms with E-state index in [1.807, 2.05) is 37.3 Å². The molecule has 6 heteroatoms. The number of carbonyl (C=O) groups excluding carboxylic acids is 2. The van der Waals surface area contributed by atoms with Crippen molar-refractivity contribution < 1.29 is 14.0 Å². The van der Waals surface area contributed by atoms with Gasteiger partial charge in [0.2, 0.25) is 11.8 Å². The lowest BCUT2D eigenvalue weighted by molar-refractivity contribution is -0.129. The topological polar surface area (TPSA) is 62.6 Å². The maximum atomic E-state index is 12.5. The van der Waals surface area contributed by atoms with E-state index in [9.17, 15) is 9.59 Å². The smallest absolute Gasteiger partial charge is 0.225 e. The van der Waals surface area contributed by atoms with Crippen LogP contribution in [0, 0.1) is 5.92 Å². The van der Waals surface area contributed by atoms with E-state index >= 15 is 0 Å². The van der Waals surface area contributed by atoms with Crippen molar-refractivity contribution in [3.8, 4) is 0 Å². The number of hydrogen-bond donors (Lipinski definition) is 1. The Morgan fingerprint density at radius 2 is 2.12 bits per heavy atom. The molecule has 2 amide bonds. The van der Waals surface area contributed by atoms with Crippen LogP contribution in [0.25, 0.3) is 0 Å². The van der Waals surface area contributed by atoms with Gasteiger partial charge in [-0.05, 0) is 36.8 Å². The molecule has 1 fully saturated rings. The predicted molar refractivity (Wildman–Crippen MR) is 92.9 cm³/mol. The first-order chi connectivity index (χ1) is 11.5. The van der Waals surface area contributed by atoms with Crippen molar-refractivity contribution in [3.63, 3.8) is 0 Å². The molecule has 126 valence electrons. The Labute approximate surface area is 149 Å². The van der Waals surface area contributed by atoms with E-state index in [1.54, 1.807) is 17.2 Å². The van der Waals surface area contributed by atoms with Gasteiger partial charge in [0.15, 0.2) is 0 Å². The fourth-order valence-corrected chi connectivity index (χ4v) is 3.12. The normalized spacial score (nSPS) is 18.7. The third-order valence-electron chi connectivity index (χ3n) is 4.24. The summed E-state index contributed by atoms with van der Waals surface area (Å²) in [6, 6.07) is 11.4. The van der Waals surface area contributed by atoms with Gasteiger partial charge in [0.05, 0.1) is 24.8 Å². The molecule has 0 aliphatic carbocycles. The molecule has 2 atom stereocenters. The van der Waals surface area contributed by atoms with Gasteiger partial charge in [-0.25, -0.2) is 0 Å². The monoisotopic (exact) mass is 390 g/mol. The highest BCUT2D eigenvalue weighted by Gasteiger charge is 2.35. The molecule has 2 unspecified atom stereocenters. The summed E-state index contributed by atoms with van der Waals surface area (Å²) in [5.74, 6) is 0.321. The van der Waals surface area contributed by atoms with E-state index < -0.39 is 0 Å². The molecule has 1 aliphatic heterocycles. The second-order valence-corrected chi connectivity index (χ2v) is 6.95. The Morgan fingerprint density at radius 1 is 1.38 bits per heavy atom. The van der Waals surface area contributed by atoms with Gasteiger partial charge in [-0.3, -0.25) is 9.59 Å². The average molecular weight is 391 g/mol. The van der Waals surface area contributed by atoms with Crippen LogP contribution in [0.5, 0.6) is 0 Å². The highest BCUT2D eigenvalue weighted by Crippen LogP contribution is 2.22. The molecule has 1 aromatic carbocycles. The Bertz CT molecular complexity index is 712. The lowest BCUT2D eigenvalue weighted by atomic mass is 10.1. The maximum Gasteiger partial charge on any atom is 0.225 e. The number of rotatable bonds is 5. The summed E-state index contributed by atoms with van der Waals surface area (Å²) in [6.45, 7) is 2.79. The van der Waals surface area contributed by atoms with Crippen LogP contribution in [0.15, 0.2) is 51.6 Å². The number of hydrogen-bond acceptors (Lipinski definition) is 3. The molecule has 24 heavy (non-hydrogen) atoms. The van der Waals surface area contributed by atoms with Crippen LogP contribution in [0.1, 0.15) is 30.7 Å². The molecular formula is C18H19BrN2O3. The zero-order chi connectivity index (χ0) is 17.1. The van der Waals surface area contributed by atoms with Gasteiger partial charge in [0.1, 0.15) is 5.76 Å². The Hall–Kier alpha value is -2.08. The summed E-state index contributed by atoms with van der Waals surface area (Å²) < 4.78 is 6.27. The number of nitrogens with zero attached hydrogens (tertiary/aromatic N) is 1. The lowest BCUT2D eigenvalue weighted by Crippen LogP contribution is -2.34. The highest BCUT2D eigenvalue weighted by molar-refractivity contribution is 9.10. The summed E-state index contributed by atoms with van der Waals surface area (Å²) in [7, 11) is 0. The van der Waals surface area contributed by atoms with E-state index in [4.69, 9.17) is 4.42 Å². The van der Waals surface area contributed by atoms with Crippen LogP contribution in [0.3, 0.4) is 0 Å². The van der Waals surface area contributed by atoms with E-state index in [1.165, 1.54) is 0 Å². The van der Waals surface area contributed by atoms with Crippen molar-refractivity contribution in [1.29, 1.82) is 0 Å². The Morgan fingerprint density at radius 3 is 2.79 bits per heavy atom. The molecule has 2 aromatic rings. The van der Waals surface area contributed by atoms with Gasteiger partial charge < -0.3 is 14.6 Å². The number of nitrogens with one attached hydrogen (secondary N) is 1. The zero-order valence-electron chi connectivity index (χ0n) is 13.4. The average Bonchev–Trinajstić information content (AvgIpc) is 3.19. The Kier molecular flexibility index (Phi) is 5.04. The molecule has 3 rings (SSSR count). The Balaban J connectivity index is 1.57. The molecule has 1 aromatic heterocycles. The van der Waals surface area contributed by atoms with Crippen LogP contribution in [-0.4, -0.2) is 23.3 Å². The van der Waals surface area contributed by atoms with Gasteiger partial charge >= 0.3 is 0 Å². The minimum atomic E-state index is -0.314. The minimum absolute atomic E-state index is 0.0113. The lowest BCUT2D eigenvalue weighted by Gasteiger charge is -2.18. The molecule has 1 aliphatic rings. The molecule has 0 radical (unpaired) electrons. The van der Waals surface area contributed by atoms with Crippen LogP contribution in [0.4, 0.5) is 0 Å². The van der Waals surface area contributed by atoms with Crippen molar-refractivity contribution in [3.05, 3.63) is 58.5 Å². The van der Waals surface area contributed by atoms with Crippen molar-refractivity contribution >= 4 is 27.7 Å². The number of likely N-dealkylation sites (tertiary alicyclic amines) is 1. The molecule has 1 N–H and O–H groups in total. The SMILES string of the molecule is CC(NC(=O)C1CC(=O)N(Cc2ccco2)C1)c1ccc(Br)cc1. The molecular weight excluding hydrogens is 372 g/mol. The van der Waals surface area contributed by atoms with E-state index in [-0.39, 0.29) is 30.2 Å². The third kappa shape index (κ3) is 3.87. The fraction of sp³-hybridized carbons (Fsp3) is 0.333. The molecule has 5 nitrogen and oxygen atoms in total. The first-order valence-corrected chi connectivity index (χ1v) is 8.68. The second-order valence-electron chi connectivity index (χ2n) is 6.04. The number of amides is 2. The van der Waals surface area contributed by atoms with E-state index in [0.717, 1.165) is 15.8 Å². The highest BCUT2D eigenvalue weighted by atomic mass is 79.9. The number of carbonyl (C=O) groups is 2. The van der Waals surface area contributed by atoms with Gasteiger partial charge in [0, 0.05) is 17.4 Å². The number of halogens is 1. The first kappa shape index (κ1) is 16.8. The quantitative estimate of drug-likeness (QED) is 0.851. The van der Waals surface area contributed by atoms with Gasteiger partial charge in [-0.1, -0.05) is 28.1 Å². The molecule has 0 saturated carbocycles. The molecule has 2 heterocycles. The van der Waals surface area contributed by atoms with Gasteiger partial charge in [-0.2, -0.15) is 0 Å². The van der Waals surface area contributed by atoms with Crippen LogP contribution < -0.4 is 5.32 Å². The molecule has 0 bridgehead atoms.